The smallest absolute Gasteiger partial charge is 0.121 e. The van der Waals surface area contributed by atoms with Crippen molar-refractivity contribution in [2.75, 3.05) is 7.11 Å². The molecule has 1 atom stereocenters. The van der Waals surface area contributed by atoms with Gasteiger partial charge in [-0.25, -0.2) is 0 Å². The number of aryl methyl sites for hydroxylation is 1. The average molecular weight is 202 g/mol. The lowest BCUT2D eigenvalue weighted by molar-refractivity contribution is 0.400. The fourth-order valence-electron chi connectivity index (χ4n) is 1.92. The van der Waals surface area contributed by atoms with Gasteiger partial charge in [-0.15, -0.1) is 0 Å². The molecule has 0 saturated heterocycles. The summed E-state index contributed by atoms with van der Waals surface area (Å²) in [6, 6.07) is 6.16. The minimum absolute atomic E-state index is 0.299. The maximum atomic E-state index is 6.31. The first-order valence-electron chi connectivity index (χ1n) is 5.45. The molecule has 2 heteroatoms. The highest BCUT2D eigenvalue weighted by Gasteiger charge is 2.22. The first kappa shape index (κ1) is 12.2. The summed E-state index contributed by atoms with van der Waals surface area (Å²) in [6.07, 6.45) is 2.04. The Morgan fingerprint density at radius 1 is 1.40 bits per heavy atom. The van der Waals surface area contributed by atoms with Gasteiger partial charge in [0.1, 0.15) is 5.75 Å². The Kier molecular flexibility index (Phi) is 3.84. The van der Waals surface area contributed by atoms with Crippen LogP contribution in [-0.4, -0.2) is 15.0 Å². The van der Waals surface area contributed by atoms with E-state index in [-0.39, 0.29) is 5.31 Å². The normalized spacial score (nSPS) is 14.7. The highest BCUT2D eigenvalue weighted by atomic mass is 16.5. The van der Waals surface area contributed by atoms with Gasteiger partial charge in [-0.3, -0.25) is 0 Å². The van der Waals surface area contributed by atoms with Gasteiger partial charge in [0.15, 0.2) is 0 Å². The molecule has 0 N–H and O–H groups in total. The molecule has 1 aromatic carbocycles. The van der Waals surface area contributed by atoms with E-state index in [4.69, 9.17) is 12.6 Å². The van der Waals surface area contributed by atoms with Crippen molar-refractivity contribution < 1.29 is 4.74 Å². The molecule has 0 heterocycles. The molecule has 1 unspecified atom stereocenters. The van der Waals surface area contributed by atoms with Gasteiger partial charge in [-0.1, -0.05) is 44.4 Å². The zero-order valence-corrected chi connectivity index (χ0v) is 10.1. The van der Waals surface area contributed by atoms with Crippen LogP contribution in [0, 0.1) is 6.92 Å². The quantitative estimate of drug-likeness (QED) is 0.681. The molecule has 0 aromatic heterocycles. The van der Waals surface area contributed by atoms with E-state index >= 15 is 0 Å². The van der Waals surface area contributed by atoms with Gasteiger partial charge in [-0.05, 0) is 23.9 Å². The Morgan fingerprint density at radius 3 is 2.60 bits per heavy atom. The van der Waals surface area contributed by atoms with Crippen LogP contribution >= 0.6 is 0 Å². The van der Waals surface area contributed by atoms with Crippen LogP contribution in [-0.2, 0) is 5.31 Å². The van der Waals surface area contributed by atoms with Crippen LogP contribution in [0.15, 0.2) is 18.2 Å². The molecule has 0 aliphatic rings. The van der Waals surface area contributed by atoms with Crippen molar-refractivity contribution in [3.05, 3.63) is 29.3 Å². The molecule has 0 spiro atoms. The zero-order chi connectivity index (χ0) is 11.5. The molecule has 0 amide bonds. The summed E-state index contributed by atoms with van der Waals surface area (Å²) in [5, 5.41) is -0.299. The van der Waals surface area contributed by atoms with Crippen LogP contribution in [0.1, 0.15) is 37.8 Å². The third kappa shape index (κ3) is 2.77. The lowest BCUT2D eigenvalue weighted by Crippen LogP contribution is -2.22. The summed E-state index contributed by atoms with van der Waals surface area (Å²) >= 11 is 0. The Labute approximate surface area is 94.3 Å². The molecule has 0 bridgehead atoms. The highest BCUT2D eigenvalue weighted by molar-refractivity contribution is 6.15. The average Bonchev–Trinajstić information content (AvgIpc) is 2.17. The van der Waals surface area contributed by atoms with Gasteiger partial charge < -0.3 is 4.74 Å². The van der Waals surface area contributed by atoms with Crippen molar-refractivity contribution in [2.24, 2.45) is 0 Å². The van der Waals surface area contributed by atoms with Gasteiger partial charge in [0.2, 0.25) is 0 Å². The van der Waals surface area contributed by atoms with Crippen LogP contribution < -0.4 is 4.74 Å². The minimum atomic E-state index is -0.299. The molecule has 1 aromatic rings. The first-order valence-corrected chi connectivity index (χ1v) is 5.45. The van der Waals surface area contributed by atoms with Gasteiger partial charge in [0, 0.05) is 0 Å². The van der Waals surface area contributed by atoms with Crippen LogP contribution in [0.4, 0.5) is 0 Å². The summed E-state index contributed by atoms with van der Waals surface area (Å²) in [5.41, 5.74) is 2.32. The number of rotatable bonds is 4. The van der Waals surface area contributed by atoms with E-state index in [1.807, 2.05) is 12.1 Å². The third-order valence-corrected chi connectivity index (χ3v) is 2.74. The molecule has 15 heavy (non-hydrogen) atoms. The Bertz CT molecular complexity index is 331. The van der Waals surface area contributed by atoms with Crippen LogP contribution in [0.3, 0.4) is 0 Å². The predicted octanol–water partition coefficient (Wildman–Crippen LogP) is 3.19. The van der Waals surface area contributed by atoms with Crippen LogP contribution in [0.5, 0.6) is 5.75 Å². The van der Waals surface area contributed by atoms with Crippen molar-refractivity contribution in [2.45, 2.75) is 38.9 Å². The molecule has 0 aliphatic carbocycles. The van der Waals surface area contributed by atoms with E-state index in [0.29, 0.717) is 0 Å². The lowest BCUT2D eigenvalue weighted by Gasteiger charge is -2.27. The van der Waals surface area contributed by atoms with Crippen molar-refractivity contribution in [1.29, 1.82) is 0 Å². The van der Waals surface area contributed by atoms with Crippen molar-refractivity contribution in [3.8, 4) is 5.75 Å². The Morgan fingerprint density at radius 2 is 2.07 bits per heavy atom. The third-order valence-electron chi connectivity index (χ3n) is 2.74. The molecule has 1 nitrogen and oxygen atoms in total. The zero-order valence-electron chi connectivity index (χ0n) is 10.1. The van der Waals surface area contributed by atoms with Gasteiger partial charge >= 0.3 is 0 Å². The summed E-state index contributed by atoms with van der Waals surface area (Å²) in [4.78, 5) is 0. The minimum Gasteiger partial charge on any atom is -0.496 e. The number of hydrogen-bond acceptors (Lipinski definition) is 1. The molecular formula is C13H19BO. The van der Waals surface area contributed by atoms with Gasteiger partial charge in [0.05, 0.1) is 15.0 Å². The molecule has 1 rings (SSSR count). The fraction of sp³-hybridized carbons (Fsp3) is 0.538. The number of hydrogen-bond donors (Lipinski definition) is 0. The number of methoxy groups -OCH3 is 1. The van der Waals surface area contributed by atoms with Crippen molar-refractivity contribution in [3.63, 3.8) is 0 Å². The Hall–Kier alpha value is -0.915. The SMILES string of the molecule is [B]C(C)(CCC)c1cc(C)ccc1OC. The van der Waals surface area contributed by atoms with Crippen LogP contribution in [0.2, 0.25) is 0 Å². The van der Waals surface area contributed by atoms with Crippen molar-refractivity contribution in [1.82, 2.24) is 0 Å². The highest BCUT2D eigenvalue weighted by Crippen LogP contribution is 2.33. The predicted molar refractivity (Wildman–Crippen MR) is 65.7 cm³/mol. The van der Waals surface area contributed by atoms with Crippen LogP contribution in [0.25, 0.3) is 0 Å². The molecule has 0 aliphatic heterocycles. The number of ether oxygens (including phenoxy) is 1. The van der Waals surface area contributed by atoms with Gasteiger partial charge in [0.25, 0.3) is 0 Å². The summed E-state index contributed by atoms with van der Waals surface area (Å²) in [6.45, 7) is 6.28. The van der Waals surface area contributed by atoms with E-state index in [2.05, 4.69) is 26.8 Å². The summed E-state index contributed by atoms with van der Waals surface area (Å²) in [7, 11) is 8.00. The fourth-order valence-corrected chi connectivity index (χ4v) is 1.92. The van der Waals surface area contributed by atoms with Crippen molar-refractivity contribution >= 4 is 7.85 Å². The summed E-state index contributed by atoms with van der Waals surface area (Å²) < 4.78 is 5.35. The second-order valence-electron chi connectivity index (χ2n) is 4.37. The monoisotopic (exact) mass is 202 g/mol. The second kappa shape index (κ2) is 4.74. The maximum Gasteiger partial charge on any atom is 0.121 e. The molecule has 2 radical (unpaired) electrons. The molecule has 0 fully saturated rings. The lowest BCUT2D eigenvalue weighted by atomic mass is 9.62. The molecule has 80 valence electrons. The second-order valence-corrected chi connectivity index (χ2v) is 4.37. The summed E-state index contributed by atoms with van der Waals surface area (Å²) in [5.74, 6) is 0.888. The standard InChI is InChI=1S/C13H19BO/c1-5-8-13(3,14)11-9-10(2)6-7-12(11)15-4/h6-7,9H,5,8H2,1-4H3. The van der Waals surface area contributed by atoms with E-state index < -0.39 is 0 Å². The van der Waals surface area contributed by atoms with E-state index in [1.54, 1.807) is 7.11 Å². The van der Waals surface area contributed by atoms with Gasteiger partial charge in [-0.2, -0.15) is 0 Å². The van der Waals surface area contributed by atoms with E-state index in [9.17, 15) is 0 Å². The first-order chi connectivity index (χ1) is 7.01. The molecule has 0 saturated carbocycles. The maximum absolute atomic E-state index is 6.31. The van der Waals surface area contributed by atoms with E-state index in [1.165, 1.54) is 5.56 Å². The topological polar surface area (TPSA) is 9.23 Å². The van der Waals surface area contributed by atoms with E-state index in [0.717, 1.165) is 24.2 Å². The number of benzene rings is 1. The largest absolute Gasteiger partial charge is 0.496 e. The Balaban J connectivity index is 3.15. The molecular weight excluding hydrogens is 183 g/mol.